The number of esters is 3. The summed E-state index contributed by atoms with van der Waals surface area (Å²) in [7, 11) is 1.15. The van der Waals surface area contributed by atoms with E-state index in [1.54, 1.807) is 0 Å². The van der Waals surface area contributed by atoms with E-state index >= 15 is 0 Å². The number of carbonyl (C=O) groups excluding carboxylic acids is 4. The quantitative estimate of drug-likeness (QED) is 0.323. The van der Waals surface area contributed by atoms with E-state index in [0.29, 0.717) is 16.3 Å². The van der Waals surface area contributed by atoms with Gasteiger partial charge in [0.1, 0.15) is 5.75 Å². The summed E-state index contributed by atoms with van der Waals surface area (Å²) in [6.07, 6.45) is 2.28. The number of hydrogen-bond acceptors (Lipinski definition) is 7. The van der Waals surface area contributed by atoms with Crippen molar-refractivity contribution < 1.29 is 33.4 Å². The van der Waals surface area contributed by atoms with Crippen LogP contribution in [0.1, 0.15) is 10.4 Å². The van der Waals surface area contributed by atoms with Crippen molar-refractivity contribution in [1.29, 1.82) is 0 Å². The second kappa shape index (κ2) is 8.73. The normalized spacial score (nSPS) is 10.1. The number of halogens is 1. The Labute approximate surface area is 134 Å². The molecule has 1 rings (SSSR count). The first-order chi connectivity index (χ1) is 10.5. The first kappa shape index (κ1) is 17.6. The van der Waals surface area contributed by atoms with E-state index in [1.807, 2.05) is 0 Å². The molecule has 0 aliphatic carbocycles. The first-order valence-corrected chi connectivity index (χ1v) is 6.63. The molecule has 0 N–H and O–H groups in total. The second-order valence-corrected chi connectivity index (χ2v) is 4.59. The van der Waals surface area contributed by atoms with Crippen LogP contribution in [-0.2, 0) is 23.9 Å². The molecule has 22 heavy (non-hydrogen) atoms. The number of ether oxygens (including phenoxy) is 3. The molecule has 0 radical (unpaired) electrons. The van der Waals surface area contributed by atoms with Gasteiger partial charge in [-0.3, -0.25) is 4.79 Å². The summed E-state index contributed by atoms with van der Waals surface area (Å²) >= 11 is 3.15. The summed E-state index contributed by atoms with van der Waals surface area (Å²) in [5, 5.41) is 0. The van der Waals surface area contributed by atoms with Crippen molar-refractivity contribution in [3.63, 3.8) is 0 Å². The Kier molecular flexibility index (Phi) is 6.97. The van der Waals surface area contributed by atoms with Gasteiger partial charge < -0.3 is 14.2 Å². The smallest absolute Gasteiger partial charge is 0.349 e. The minimum Gasteiger partial charge on any atom is -0.466 e. The van der Waals surface area contributed by atoms with Crippen LogP contribution in [0.5, 0.6) is 5.75 Å². The zero-order valence-electron chi connectivity index (χ0n) is 11.4. The summed E-state index contributed by atoms with van der Waals surface area (Å²) in [6.45, 7) is -0.642. The maximum atomic E-state index is 11.5. The van der Waals surface area contributed by atoms with E-state index in [-0.39, 0.29) is 5.75 Å². The molecule has 0 saturated heterocycles. The Morgan fingerprint density at radius 2 is 1.86 bits per heavy atom. The molecule has 0 amide bonds. The fourth-order valence-electron chi connectivity index (χ4n) is 1.22. The number of aldehydes is 1. The summed E-state index contributed by atoms with van der Waals surface area (Å²) in [4.78, 5) is 44.2. The van der Waals surface area contributed by atoms with Crippen molar-refractivity contribution in [1.82, 2.24) is 0 Å². The molecule has 0 spiro atoms. The average Bonchev–Trinajstić information content (AvgIpc) is 2.52. The van der Waals surface area contributed by atoms with Gasteiger partial charge in [-0.25, -0.2) is 14.4 Å². The molecule has 0 unspecified atom stereocenters. The molecule has 0 bridgehead atoms. The molecule has 7 nitrogen and oxygen atoms in total. The van der Waals surface area contributed by atoms with Crippen molar-refractivity contribution in [2.45, 2.75) is 0 Å². The molecule has 0 fully saturated rings. The highest BCUT2D eigenvalue weighted by atomic mass is 79.9. The Bertz CT molecular complexity index is 622. The SMILES string of the molecule is COC(=O)/C=C/C(=O)OCC(=O)Oc1ccc(Br)c(C=O)c1. The molecule has 0 saturated carbocycles. The van der Waals surface area contributed by atoms with Gasteiger partial charge >= 0.3 is 17.9 Å². The third-order valence-electron chi connectivity index (χ3n) is 2.22. The van der Waals surface area contributed by atoms with Crippen LogP contribution in [-0.4, -0.2) is 37.9 Å². The molecule has 0 aromatic heterocycles. The number of benzene rings is 1. The van der Waals surface area contributed by atoms with E-state index in [1.165, 1.54) is 18.2 Å². The van der Waals surface area contributed by atoms with Crippen LogP contribution in [0.4, 0.5) is 0 Å². The second-order valence-electron chi connectivity index (χ2n) is 3.74. The fourth-order valence-corrected chi connectivity index (χ4v) is 1.56. The lowest BCUT2D eigenvalue weighted by Crippen LogP contribution is -2.18. The molecule has 1 aromatic carbocycles. The maximum absolute atomic E-state index is 11.5. The summed E-state index contributed by atoms with van der Waals surface area (Å²) in [5.74, 6) is -2.32. The summed E-state index contributed by atoms with van der Waals surface area (Å²) < 4.78 is 14.3. The summed E-state index contributed by atoms with van der Waals surface area (Å²) in [5.41, 5.74) is 0.309. The van der Waals surface area contributed by atoms with E-state index in [9.17, 15) is 19.2 Å². The minimum atomic E-state index is -0.897. The van der Waals surface area contributed by atoms with Crippen molar-refractivity contribution >= 4 is 40.1 Å². The van der Waals surface area contributed by atoms with Crippen LogP contribution < -0.4 is 4.74 Å². The third kappa shape index (κ3) is 5.88. The Balaban J connectivity index is 2.50. The topological polar surface area (TPSA) is 96.0 Å². The Hall–Kier alpha value is -2.48. The van der Waals surface area contributed by atoms with Crippen molar-refractivity contribution in [2.75, 3.05) is 13.7 Å². The molecular formula is C14H11BrO7. The molecule has 0 aliphatic heterocycles. The van der Waals surface area contributed by atoms with Crippen molar-refractivity contribution in [3.8, 4) is 5.75 Å². The monoisotopic (exact) mass is 370 g/mol. The zero-order valence-corrected chi connectivity index (χ0v) is 13.0. The molecule has 8 heteroatoms. The molecule has 0 aliphatic rings. The molecular weight excluding hydrogens is 360 g/mol. The lowest BCUT2D eigenvalue weighted by molar-refractivity contribution is -0.150. The number of hydrogen-bond donors (Lipinski definition) is 0. The van der Waals surface area contributed by atoms with E-state index < -0.39 is 24.5 Å². The van der Waals surface area contributed by atoms with Crippen LogP contribution in [0, 0.1) is 0 Å². The predicted molar refractivity (Wildman–Crippen MR) is 77.3 cm³/mol. The lowest BCUT2D eigenvalue weighted by Gasteiger charge is -2.05. The van der Waals surface area contributed by atoms with Gasteiger partial charge in [0, 0.05) is 22.2 Å². The number of rotatable bonds is 6. The van der Waals surface area contributed by atoms with E-state index in [4.69, 9.17) is 4.74 Å². The van der Waals surface area contributed by atoms with Crippen molar-refractivity contribution in [3.05, 3.63) is 40.4 Å². The highest BCUT2D eigenvalue weighted by Crippen LogP contribution is 2.21. The van der Waals surface area contributed by atoms with Gasteiger partial charge in [-0.1, -0.05) is 15.9 Å². The highest BCUT2D eigenvalue weighted by Gasteiger charge is 2.10. The van der Waals surface area contributed by atoms with Gasteiger partial charge in [0.2, 0.25) is 0 Å². The molecule has 1 aromatic rings. The Morgan fingerprint density at radius 3 is 2.50 bits per heavy atom. The molecule has 0 heterocycles. The van der Waals surface area contributed by atoms with Crippen LogP contribution in [0.2, 0.25) is 0 Å². The van der Waals surface area contributed by atoms with Crippen molar-refractivity contribution in [2.24, 2.45) is 0 Å². The number of methoxy groups -OCH3 is 1. The Morgan fingerprint density at radius 1 is 1.18 bits per heavy atom. The van der Waals surface area contributed by atoms with E-state index in [2.05, 4.69) is 25.4 Å². The van der Waals surface area contributed by atoms with Crippen LogP contribution in [0.3, 0.4) is 0 Å². The maximum Gasteiger partial charge on any atom is 0.349 e. The predicted octanol–water partition coefficient (Wildman–Crippen LogP) is 1.44. The van der Waals surface area contributed by atoms with Crippen LogP contribution in [0.15, 0.2) is 34.8 Å². The van der Waals surface area contributed by atoms with Crippen LogP contribution in [0.25, 0.3) is 0 Å². The lowest BCUT2D eigenvalue weighted by atomic mass is 10.2. The number of carbonyl (C=O) groups is 4. The van der Waals surface area contributed by atoms with Gasteiger partial charge in [-0.05, 0) is 18.2 Å². The largest absolute Gasteiger partial charge is 0.466 e. The van der Waals surface area contributed by atoms with Gasteiger partial charge in [-0.15, -0.1) is 0 Å². The zero-order chi connectivity index (χ0) is 16.5. The fraction of sp³-hybridized carbons (Fsp3) is 0.143. The van der Waals surface area contributed by atoms with Gasteiger partial charge in [0.25, 0.3) is 0 Å². The van der Waals surface area contributed by atoms with Gasteiger partial charge in [0.15, 0.2) is 12.9 Å². The standard InChI is InChI=1S/C14H11BrO7/c1-20-12(17)4-5-13(18)21-8-14(19)22-10-2-3-11(15)9(6-10)7-16/h2-7H,8H2,1H3/b5-4+. The van der Waals surface area contributed by atoms with E-state index in [0.717, 1.165) is 19.3 Å². The molecule has 0 atom stereocenters. The highest BCUT2D eigenvalue weighted by molar-refractivity contribution is 9.10. The summed E-state index contributed by atoms with van der Waals surface area (Å²) in [6, 6.07) is 4.36. The van der Waals surface area contributed by atoms with Gasteiger partial charge in [-0.2, -0.15) is 0 Å². The average molecular weight is 371 g/mol. The molecule has 116 valence electrons. The minimum absolute atomic E-state index is 0.136. The van der Waals surface area contributed by atoms with Gasteiger partial charge in [0.05, 0.1) is 7.11 Å². The third-order valence-corrected chi connectivity index (χ3v) is 2.94. The first-order valence-electron chi connectivity index (χ1n) is 5.84. The van der Waals surface area contributed by atoms with Crippen LogP contribution >= 0.6 is 15.9 Å².